The van der Waals surface area contributed by atoms with Gasteiger partial charge in [-0.1, -0.05) is 36.8 Å². The number of hydrogen-bond acceptors (Lipinski definition) is 6. The molecule has 6 heteroatoms. The first kappa shape index (κ1) is 16.6. The summed E-state index contributed by atoms with van der Waals surface area (Å²) >= 11 is 0. The second-order valence-electron chi connectivity index (χ2n) is 7.29. The zero-order valence-electron chi connectivity index (χ0n) is 14.2. The number of benzene rings is 1. The zero-order chi connectivity index (χ0) is 18.4. The number of nitriles is 3. The number of nitrogens with one attached hydrogen (secondary N) is 1. The fraction of sp³-hybridized carbons (Fsp3) is 0.500. The first-order valence-corrected chi connectivity index (χ1v) is 8.82. The van der Waals surface area contributed by atoms with E-state index in [0.29, 0.717) is 19.3 Å². The molecule has 4 unspecified atom stereocenters. The Morgan fingerprint density at radius 2 is 1.81 bits per heavy atom. The second-order valence-corrected chi connectivity index (χ2v) is 7.29. The number of hydrogen-bond donors (Lipinski definition) is 1. The Balaban J connectivity index is 1.90. The highest BCUT2D eigenvalue weighted by molar-refractivity contribution is 5.88. The van der Waals surface area contributed by atoms with Gasteiger partial charge in [0, 0.05) is 12.8 Å². The van der Waals surface area contributed by atoms with E-state index in [-0.39, 0.29) is 5.90 Å². The van der Waals surface area contributed by atoms with E-state index in [4.69, 9.17) is 14.9 Å². The van der Waals surface area contributed by atoms with Gasteiger partial charge >= 0.3 is 0 Å². The summed E-state index contributed by atoms with van der Waals surface area (Å²) in [4.78, 5) is 0. The molecule has 3 heterocycles. The Kier molecular flexibility index (Phi) is 3.55. The Morgan fingerprint density at radius 3 is 2.46 bits per heavy atom. The van der Waals surface area contributed by atoms with Crippen LogP contribution in [0.3, 0.4) is 0 Å². The molecule has 6 nitrogen and oxygen atoms in total. The van der Waals surface area contributed by atoms with Crippen LogP contribution in [-0.2, 0) is 15.9 Å². The second kappa shape index (κ2) is 5.56. The molecule has 0 aromatic heterocycles. The Labute approximate surface area is 152 Å². The topological polar surface area (TPSA) is 114 Å². The summed E-state index contributed by atoms with van der Waals surface area (Å²) in [7, 11) is 0. The molecule has 1 spiro atoms. The number of ether oxygens (including phenoxy) is 2. The minimum Gasteiger partial charge on any atom is -0.447 e. The summed E-state index contributed by atoms with van der Waals surface area (Å²) in [6.07, 6.45) is 2.37. The van der Waals surface area contributed by atoms with Crippen LogP contribution in [0.15, 0.2) is 30.3 Å². The highest BCUT2D eigenvalue weighted by atomic mass is 16.7. The number of rotatable bonds is 2. The molecule has 4 fully saturated rings. The third-order valence-electron chi connectivity index (χ3n) is 6.19. The molecule has 1 N–H and O–H groups in total. The molecule has 3 saturated heterocycles. The number of fused-ring (bicyclic) bond motifs is 2. The summed E-state index contributed by atoms with van der Waals surface area (Å²) in [6.45, 7) is 0. The largest absolute Gasteiger partial charge is 0.447 e. The van der Waals surface area contributed by atoms with Crippen LogP contribution in [0.4, 0.5) is 0 Å². The molecule has 5 rings (SSSR count). The van der Waals surface area contributed by atoms with Crippen LogP contribution in [0.25, 0.3) is 0 Å². The van der Waals surface area contributed by atoms with Crippen molar-refractivity contribution in [2.45, 2.75) is 44.0 Å². The molecule has 2 bridgehead atoms. The SMILES string of the molecule is N#CC1(C#N)C2CCCCC23OC(=N)C1(C#N)C(Cc1ccccc1)O3. The predicted molar refractivity (Wildman–Crippen MR) is 90.2 cm³/mol. The van der Waals surface area contributed by atoms with Crippen molar-refractivity contribution < 1.29 is 9.47 Å². The van der Waals surface area contributed by atoms with E-state index in [2.05, 4.69) is 18.2 Å². The molecule has 1 aliphatic carbocycles. The van der Waals surface area contributed by atoms with Gasteiger partial charge in [-0.25, -0.2) is 0 Å². The van der Waals surface area contributed by atoms with Crippen LogP contribution in [0.1, 0.15) is 31.2 Å². The van der Waals surface area contributed by atoms with E-state index in [1.165, 1.54) is 0 Å². The van der Waals surface area contributed by atoms with Crippen molar-refractivity contribution >= 4 is 5.90 Å². The highest BCUT2D eigenvalue weighted by Gasteiger charge is 2.79. The summed E-state index contributed by atoms with van der Waals surface area (Å²) in [6, 6.07) is 15.9. The van der Waals surface area contributed by atoms with Gasteiger partial charge in [-0.2, -0.15) is 15.8 Å². The van der Waals surface area contributed by atoms with Crippen LogP contribution >= 0.6 is 0 Å². The molecule has 26 heavy (non-hydrogen) atoms. The lowest BCUT2D eigenvalue weighted by molar-refractivity contribution is -0.357. The standard InChI is InChI=1S/C20H18N4O2/c21-11-18(12-22)15-8-4-5-9-20(15)25-16(10-14-6-2-1-3-7-14)19(18,13-23)17(24)26-20/h1-3,6-7,15-16,24H,4-5,8-10H2. The fourth-order valence-corrected chi connectivity index (χ4v) is 4.98. The van der Waals surface area contributed by atoms with E-state index in [1.54, 1.807) is 0 Å². The minimum absolute atomic E-state index is 0.298. The van der Waals surface area contributed by atoms with E-state index in [1.807, 2.05) is 30.3 Å². The van der Waals surface area contributed by atoms with Gasteiger partial charge in [0.1, 0.15) is 0 Å². The lowest BCUT2D eigenvalue weighted by Crippen LogP contribution is -2.76. The average Bonchev–Trinajstić information content (AvgIpc) is 2.67. The van der Waals surface area contributed by atoms with Crippen LogP contribution < -0.4 is 0 Å². The van der Waals surface area contributed by atoms with E-state index < -0.39 is 28.6 Å². The van der Waals surface area contributed by atoms with Gasteiger partial charge in [-0.15, -0.1) is 0 Å². The first-order chi connectivity index (χ1) is 12.6. The van der Waals surface area contributed by atoms with Gasteiger partial charge < -0.3 is 9.47 Å². The van der Waals surface area contributed by atoms with E-state index in [0.717, 1.165) is 18.4 Å². The van der Waals surface area contributed by atoms with Crippen molar-refractivity contribution in [3.05, 3.63) is 35.9 Å². The third-order valence-corrected chi connectivity index (χ3v) is 6.19. The quantitative estimate of drug-likeness (QED) is 0.884. The molecular formula is C20H18N4O2. The van der Waals surface area contributed by atoms with Crippen molar-refractivity contribution in [2.24, 2.45) is 16.7 Å². The summed E-state index contributed by atoms with van der Waals surface area (Å²) < 4.78 is 12.2. The molecule has 4 atom stereocenters. The van der Waals surface area contributed by atoms with Gasteiger partial charge in [0.15, 0.2) is 10.8 Å². The molecule has 0 radical (unpaired) electrons. The summed E-state index contributed by atoms with van der Waals surface area (Å²) in [5, 5.41) is 38.7. The smallest absolute Gasteiger partial charge is 0.217 e. The van der Waals surface area contributed by atoms with E-state index >= 15 is 0 Å². The molecule has 1 saturated carbocycles. The third kappa shape index (κ3) is 1.79. The Morgan fingerprint density at radius 1 is 1.08 bits per heavy atom. The monoisotopic (exact) mass is 346 g/mol. The first-order valence-electron chi connectivity index (χ1n) is 8.82. The zero-order valence-corrected chi connectivity index (χ0v) is 14.2. The molecular weight excluding hydrogens is 328 g/mol. The minimum atomic E-state index is -1.73. The fourth-order valence-electron chi connectivity index (χ4n) is 4.98. The van der Waals surface area contributed by atoms with Gasteiger partial charge in [-0.05, 0) is 18.4 Å². The van der Waals surface area contributed by atoms with E-state index in [9.17, 15) is 15.8 Å². The molecule has 0 amide bonds. The van der Waals surface area contributed by atoms with Gasteiger partial charge in [0.2, 0.25) is 11.7 Å². The molecule has 130 valence electrons. The van der Waals surface area contributed by atoms with Gasteiger partial charge in [0.05, 0.1) is 30.2 Å². The maximum atomic E-state index is 10.1. The van der Waals surface area contributed by atoms with Crippen LogP contribution in [0, 0.1) is 56.2 Å². The Bertz CT molecular complexity index is 864. The van der Waals surface area contributed by atoms with Crippen LogP contribution in [-0.4, -0.2) is 17.8 Å². The highest BCUT2D eigenvalue weighted by Crippen LogP contribution is 2.65. The van der Waals surface area contributed by atoms with Crippen molar-refractivity contribution in [1.82, 2.24) is 0 Å². The average molecular weight is 346 g/mol. The van der Waals surface area contributed by atoms with Crippen LogP contribution in [0.2, 0.25) is 0 Å². The van der Waals surface area contributed by atoms with Crippen molar-refractivity contribution in [3.8, 4) is 18.2 Å². The lowest BCUT2D eigenvalue weighted by Gasteiger charge is -2.63. The number of nitrogens with zero attached hydrogens (tertiary/aromatic N) is 3. The predicted octanol–water partition coefficient (Wildman–Crippen LogP) is 3.07. The lowest BCUT2D eigenvalue weighted by atomic mass is 9.48. The van der Waals surface area contributed by atoms with Crippen molar-refractivity contribution in [1.29, 1.82) is 21.2 Å². The van der Waals surface area contributed by atoms with Crippen molar-refractivity contribution in [3.63, 3.8) is 0 Å². The van der Waals surface area contributed by atoms with Crippen LogP contribution in [0.5, 0.6) is 0 Å². The molecule has 1 aromatic carbocycles. The molecule has 3 aliphatic heterocycles. The van der Waals surface area contributed by atoms with Crippen molar-refractivity contribution in [2.75, 3.05) is 0 Å². The normalized spacial score (nSPS) is 36.7. The Hall–Kier alpha value is -2.88. The molecule has 4 aliphatic rings. The summed E-state index contributed by atoms with van der Waals surface area (Å²) in [5.74, 6) is -1.98. The molecule has 1 aromatic rings. The van der Waals surface area contributed by atoms with Gasteiger partial charge in [-0.3, -0.25) is 5.41 Å². The maximum Gasteiger partial charge on any atom is 0.217 e. The maximum absolute atomic E-state index is 10.1. The van der Waals surface area contributed by atoms with Gasteiger partial charge in [0.25, 0.3) is 0 Å². The summed E-state index contributed by atoms with van der Waals surface area (Å²) in [5.41, 5.74) is -2.44.